The Kier molecular flexibility index (Phi) is 6.47. The second-order valence-corrected chi connectivity index (χ2v) is 6.75. The number of rotatable bonds is 6. The topological polar surface area (TPSA) is 55.8 Å². The minimum Gasteiger partial charge on any atom is -0.484 e. The number of esters is 1. The van der Waals surface area contributed by atoms with Crippen molar-refractivity contribution >= 4 is 11.9 Å². The van der Waals surface area contributed by atoms with Crippen LogP contribution in [0.3, 0.4) is 0 Å². The average Bonchev–Trinajstić information content (AvgIpc) is 2.73. The number of likely N-dealkylation sites (tertiary alicyclic amines) is 1. The molecule has 0 radical (unpaired) electrons. The van der Waals surface area contributed by atoms with Gasteiger partial charge in [-0.1, -0.05) is 48.5 Å². The van der Waals surface area contributed by atoms with Gasteiger partial charge in [0.15, 0.2) is 6.61 Å². The van der Waals surface area contributed by atoms with Gasteiger partial charge in [-0.05, 0) is 37.5 Å². The van der Waals surface area contributed by atoms with Gasteiger partial charge in [-0.25, -0.2) is 0 Å². The van der Waals surface area contributed by atoms with Gasteiger partial charge in [-0.3, -0.25) is 9.59 Å². The molecule has 1 atom stereocenters. The summed E-state index contributed by atoms with van der Waals surface area (Å²) >= 11 is 0. The fourth-order valence-electron chi connectivity index (χ4n) is 3.18. The molecule has 1 aliphatic heterocycles. The summed E-state index contributed by atoms with van der Waals surface area (Å²) in [5.41, 5.74) is 0.983. The average molecular weight is 367 g/mol. The van der Waals surface area contributed by atoms with Crippen molar-refractivity contribution in [3.8, 4) is 5.75 Å². The number of hydrogen-bond donors (Lipinski definition) is 0. The van der Waals surface area contributed by atoms with E-state index in [0.29, 0.717) is 31.7 Å². The Morgan fingerprint density at radius 3 is 2.22 bits per heavy atom. The standard InChI is InChI=1S/C22H25NO4/c1-17(18-8-4-2-5-9-18)27-22(25)19-12-14-23(15-13-19)21(24)16-26-20-10-6-3-7-11-20/h2-11,17,19H,12-16H2,1H3. The van der Waals surface area contributed by atoms with Crippen molar-refractivity contribution in [2.24, 2.45) is 5.92 Å². The monoisotopic (exact) mass is 367 g/mol. The molecule has 1 aliphatic rings. The van der Waals surface area contributed by atoms with Gasteiger partial charge in [-0.2, -0.15) is 0 Å². The van der Waals surface area contributed by atoms with Crippen LogP contribution in [0.4, 0.5) is 0 Å². The van der Waals surface area contributed by atoms with Gasteiger partial charge in [0.05, 0.1) is 5.92 Å². The molecule has 0 spiro atoms. The third kappa shape index (κ3) is 5.33. The highest BCUT2D eigenvalue weighted by Gasteiger charge is 2.29. The summed E-state index contributed by atoms with van der Waals surface area (Å²) in [4.78, 5) is 26.5. The molecule has 5 nitrogen and oxygen atoms in total. The van der Waals surface area contributed by atoms with E-state index in [1.807, 2.05) is 67.6 Å². The molecule has 0 aliphatic carbocycles. The molecule has 2 aromatic carbocycles. The first-order chi connectivity index (χ1) is 13.1. The van der Waals surface area contributed by atoms with Gasteiger partial charge < -0.3 is 14.4 Å². The quantitative estimate of drug-likeness (QED) is 0.732. The van der Waals surface area contributed by atoms with E-state index in [1.54, 1.807) is 4.90 Å². The highest BCUT2D eigenvalue weighted by molar-refractivity contribution is 5.78. The lowest BCUT2D eigenvalue weighted by atomic mass is 9.97. The van der Waals surface area contributed by atoms with Crippen molar-refractivity contribution in [3.63, 3.8) is 0 Å². The molecule has 5 heteroatoms. The van der Waals surface area contributed by atoms with Crippen LogP contribution in [-0.4, -0.2) is 36.5 Å². The number of piperidine rings is 1. The Bertz CT molecular complexity index is 739. The summed E-state index contributed by atoms with van der Waals surface area (Å²) in [6.45, 7) is 3.00. The summed E-state index contributed by atoms with van der Waals surface area (Å²) in [5, 5.41) is 0. The molecular weight excluding hydrogens is 342 g/mol. The fraction of sp³-hybridized carbons (Fsp3) is 0.364. The highest BCUT2D eigenvalue weighted by Crippen LogP contribution is 2.23. The molecule has 0 aromatic heterocycles. The van der Waals surface area contributed by atoms with Crippen molar-refractivity contribution in [1.29, 1.82) is 0 Å². The smallest absolute Gasteiger partial charge is 0.309 e. The summed E-state index contributed by atoms with van der Waals surface area (Å²) in [6.07, 6.45) is 0.979. The second kappa shape index (κ2) is 9.21. The molecule has 142 valence electrons. The minimum atomic E-state index is -0.266. The van der Waals surface area contributed by atoms with E-state index in [4.69, 9.17) is 9.47 Å². The number of amides is 1. The van der Waals surface area contributed by atoms with E-state index < -0.39 is 0 Å². The maximum absolute atomic E-state index is 12.4. The summed E-state index contributed by atoms with van der Waals surface area (Å²) < 4.78 is 11.1. The molecule has 27 heavy (non-hydrogen) atoms. The lowest BCUT2D eigenvalue weighted by Gasteiger charge is -2.31. The van der Waals surface area contributed by atoms with Crippen LogP contribution < -0.4 is 4.74 Å². The molecule has 1 heterocycles. The molecular formula is C22H25NO4. The third-order valence-corrected chi connectivity index (χ3v) is 4.85. The predicted octanol–water partition coefficient (Wildman–Crippen LogP) is 3.61. The van der Waals surface area contributed by atoms with Crippen molar-refractivity contribution in [1.82, 2.24) is 4.90 Å². The maximum atomic E-state index is 12.4. The van der Waals surface area contributed by atoms with Crippen LogP contribution in [0, 0.1) is 5.92 Å². The molecule has 0 saturated carbocycles. The second-order valence-electron chi connectivity index (χ2n) is 6.75. The van der Waals surface area contributed by atoms with E-state index in [1.165, 1.54) is 0 Å². The number of ether oxygens (including phenoxy) is 2. The summed E-state index contributed by atoms with van der Waals surface area (Å²) in [5.74, 6) is 0.289. The van der Waals surface area contributed by atoms with Crippen molar-refractivity contribution in [2.45, 2.75) is 25.9 Å². The number of carbonyl (C=O) groups is 2. The molecule has 3 rings (SSSR count). The highest BCUT2D eigenvalue weighted by atomic mass is 16.5. The number of nitrogens with zero attached hydrogens (tertiary/aromatic N) is 1. The van der Waals surface area contributed by atoms with Gasteiger partial charge >= 0.3 is 5.97 Å². The van der Waals surface area contributed by atoms with E-state index in [2.05, 4.69) is 0 Å². The maximum Gasteiger partial charge on any atom is 0.309 e. The van der Waals surface area contributed by atoms with Crippen LogP contribution in [0.25, 0.3) is 0 Å². The number of hydrogen-bond acceptors (Lipinski definition) is 4. The van der Waals surface area contributed by atoms with Gasteiger partial charge in [0.2, 0.25) is 0 Å². The first-order valence-electron chi connectivity index (χ1n) is 9.34. The predicted molar refractivity (Wildman–Crippen MR) is 102 cm³/mol. The first-order valence-corrected chi connectivity index (χ1v) is 9.34. The Balaban J connectivity index is 1.42. The van der Waals surface area contributed by atoms with Crippen LogP contribution in [0.5, 0.6) is 5.75 Å². The van der Waals surface area contributed by atoms with E-state index >= 15 is 0 Å². The molecule has 0 bridgehead atoms. The normalized spacial score (nSPS) is 15.8. The largest absolute Gasteiger partial charge is 0.484 e. The molecule has 1 fully saturated rings. The van der Waals surface area contributed by atoms with Crippen LogP contribution in [0.1, 0.15) is 31.4 Å². The SMILES string of the molecule is CC(OC(=O)C1CCN(C(=O)COc2ccccc2)CC1)c1ccccc1. The van der Waals surface area contributed by atoms with E-state index in [9.17, 15) is 9.59 Å². The Morgan fingerprint density at radius 2 is 1.59 bits per heavy atom. The molecule has 2 aromatic rings. The zero-order valence-electron chi connectivity index (χ0n) is 15.5. The summed E-state index contributed by atoms with van der Waals surface area (Å²) in [6, 6.07) is 19.0. The summed E-state index contributed by atoms with van der Waals surface area (Å²) in [7, 11) is 0. The van der Waals surface area contributed by atoms with Gasteiger partial charge in [0.25, 0.3) is 5.91 Å². The van der Waals surface area contributed by atoms with Crippen LogP contribution in [-0.2, 0) is 14.3 Å². The van der Waals surface area contributed by atoms with E-state index in [-0.39, 0.29) is 30.5 Å². The molecule has 1 unspecified atom stereocenters. The Labute approximate surface area is 159 Å². The zero-order valence-corrected chi connectivity index (χ0v) is 15.5. The minimum absolute atomic E-state index is 0.0180. The van der Waals surface area contributed by atoms with Crippen LogP contribution in [0.15, 0.2) is 60.7 Å². The first kappa shape index (κ1) is 19.0. The van der Waals surface area contributed by atoms with Crippen LogP contribution in [0.2, 0.25) is 0 Å². The molecule has 0 N–H and O–H groups in total. The number of para-hydroxylation sites is 1. The van der Waals surface area contributed by atoms with Crippen molar-refractivity contribution in [3.05, 3.63) is 66.2 Å². The lowest BCUT2D eigenvalue weighted by Crippen LogP contribution is -2.42. The number of carbonyl (C=O) groups excluding carboxylic acids is 2. The number of benzene rings is 2. The van der Waals surface area contributed by atoms with E-state index in [0.717, 1.165) is 5.56 Å². The fourth-order valence-corrected chi connectivity index (χ4v) is 3.18. The van der Waals surface area contributed by atoms with Gasteiger partial charge in [0, 0.05) is 13.1 Å². The molecule has 1 saturated heterocycles. The lowest BCUT2D eigenvalue weighted by molar-refractivity contribution is -0.156. The Hall–Kier alpha value is -2.82. The third-order valence-electron chi connectivity index (χ3n) is 4.85. The van der Waals surface area contributed by atoms with Crippen molar-refractivity contribution < 1.29 is 19.1 Å². The molecule has 1 amide bonds. The van der Waals surface area contributed by atoms with Gasteiger partial charge in [0.1, 0.15) is 11.9 Å². The Morgan fingerprint density at radius 1 is 1.00 bits per heavy atom. The van der Waals surface area contributed by atoms with Gasteiger partial charge in [-0.15, -0.1) is 0 Å². The van der Waals surface area contributed by atoms with Crippen molar-refractivity contribution in [2.75, 3.05) is 19.7 Å². The zero-order chi connectivity index (χ0) is 19.1. The van der Waals surface area contributed by atoms with Crippen LogP contribution >= 0.6 is 0 Å².